The number of aromatic nitrogens is 1. The van der Waals surface area contributed by atoms with Crippen LogP contribution in [-0.2, 0) is 0 Å². The van der Waals surface area contributed by atoms with E-state index in [-0.39, 0.29) is 0 Å². The van der Waals surface area contributed by atoms with Gasteiger partial charge in [-0.25, -0.2) is 4.98 Å². The Morgan fingerprint density at radius 3 is 2.67 bits per heavy atom. The summed E-state index contributed by atoms with van der Waals surface area (Å²) >= 11 is 0. The fourth-order valence-corrected chi connectivity index (χ4v) is 2.39. The maximum absolute atomic E-state index is 5.65. The topological polar surface area (TPSA) is 55.4 Å². The molecule has 5 nitrogen and oxygen atoms in total. The number of fused-ring (bicyclic) bond motifs is 2. The number of nitrogens with one attached hydrogen (secondary N) is 2. The molecule has 5 heteroatoms. The van der Waals surface area contributed by atoms with Crippen molar-refractivity contribution in [2.45, 2.75) is 19.9 Å². The standard InChI is InChI=1S/C16H21N3O2/c1-11(2)17-5-6-19-16-13-10-15-14(20-7-8-21-15)9-12(13)3-4-18-16/h3-4,9-11,17H,5-8H2,1-2H3,(H,18,19). The van der Waals surface area contributed by atoms with Gasteiger partial charge in [0.1, 0.15) is 19.0 Å². The van der Waals surface area contributed by atoms with E-state index in [1.54, 1.807) is 0 Å². The second kappa shape index (κ2) is 6.18. The second-order valence-corrected chi connectivity index (χ2v) is 5.41. The molecule has 112 valence electrons. The van der Waals surface area contributed by atoms with E-state index in [9.17, 15) is 0 Å². The van der Waals surface area contributed by atoms with E-state index in [0.717, 1.165) is 41.2 Å². The number of benzene rings is 1. The first-order chi connectivity index (χ1) is 10.2. The lowest BCUT2D eigenvalue weighted by Gasteiger charge is -2.19. The molecule has 2 N–H and O–H groups in total. The van der Waals surface area contributed by atoms with Gasteiger partial charge in [0, 0.05) is 30.7 Å². The molecule has 0 spiro atoms. The first-order valence-corrected chi connectivity index (χ1v) is 7.39. The summed E-state index contributed by atoms with van der Waals surface area (Å²) in [7, 11) is 0. The monoisotopic (exact) mass is 287 g/mol. The van der Waals surface area contributed by atoms with E-state index in [0.29, 0.717) is 19.3 Å². The van der Waals surface area contributed by atoms with E-state index in [1.807, 2.05) is 24.4 Å². The van der Waals surface area contributed by atoms with Crippen LogP contribution in [-0.4, -0.2) is 37.3 Å². The first-order valence-electron chi connectivity index (χ1n) is 7.39. The summed E-state index contributed by atoms with van der Waals surface area (Å²) in [6, 6.07) is 6.51. The van der Waals surface area contributed by atoms with Crippen LogP contribution in [0.25, 0.3) is 10.8 Å². The van der Waals surface area contributed by atoms with Crippen molar-refractivity contribution in [3.63, 3.8) is 0 Å². The molecule has 0 atom stereocenters. The summed E-state index contributed by atoms with van der Waals surface area (Å²) in [5.74, 6) is 2.49. The lowest BCUT2D eigenvalue weighted by Crippen LogP contribution is -2.28. The van der Waals surface area contributed by atoms with E-state index >= 15 is 0 Å². The zero-order valence-corrected chi connectivity index (χ0v) is 12.5. The fraction of sp³-hybridized carbons (Fsp3) is 0.438. The van der Waals surface area contributed by atoms with Crippen molar-refractivity contribution in [2.24, 2.45) is 0 Å². The molecule has 0 fully saturated rings. The van der Waals surface area contributed by atoms with Crippen LogP contribution in [0.15, 0.2) is 24.4 Å². The van der Waals surface area contributed by atoms with Crippen LogP contribution in [0.2, 0.25) is 0 Å². The van der Waals surface area contributed by atoms with Crippen LogP contribution in [0.4, 0.5) is 5.82 Å². The van der Waals surface area contributed by atoms with Crippen LogP contribution >= 0.6 is 0 Å². The normalized spacial score (nSPS) is 13.7. The molecular formula is C16H21N3O2. The van der Waals surface area contributed by atoms with E-state index in [2.05, 4.69) is 29.5 Å². The molecule has 0 unspecified atom stereocenters. The Morgan fingerprint density at radius 2 is 1.90 bits per heavy atom. The number of ether oxygens (including phenoxy) is 2. The minimum atomic E-state index is 0.491. The highest BCUT2D eigenvalue weighted by Crippen LogP contribution is 2.36. The van der Waals surface area contributed by atoms with Crippen LogP contribution in [0.5, 0.6) is 11.5 Å². The van der Waals surface area contributed by atoms with E-state index in [1.165, 1.54) is 0 Å². The number of hydrogen-bond acceptors (Lipinski definition) is 5. The predicted octanol–water partition coefficient (Wildman–Crippen LogP) is 2.42. The lowest BCUT2D eigenvalue weighted by atomic mass is 10.1. The maximum atomic E-state index is 5.65. The van der Waals surface area contributed by atoms with Gasteiger partial charge in [-0.05, 0) is 23.6 Å². The van der Waals surface area contributed by atoms with Crippen molar-refractivity contribution in [1.82, 2.24) is 10.3 Å². The fourth-order valence-electron chi connectivity index (χ4n) is 2.39. The van der Waals surface area contributed by atoms with Crippen molar-refractivity contribution < 1.29 is 9.47 Å². The zero-order valence-electron chi connectivity index (χ0n) is 12.5. The number of rotatable bonds is 5. The van der Waals surface area contributed by atoms with Gasteiger partial charge in [0.15, 0.2) is 11.5 Å². The third-order valence-electron chi connectivity index (χ3n) is 3.40. The summed E-state index contributed by atoms with van der Waals surface area (Å²) in [6.07, 6.45) is 1.82. The number of nitrogens with zero attached hydrogens (tertiary/aromatic N) is 1. The Morgan fingerprint density at radius 1 is 1.14 bits per heavy atom. The molecule has 1 aromatic heterocycles. The Kier molecular flexibility index (Phi) is 4.10. The number of anilines is 1. The SMILES string of the molecule is CC(C)NCCNc1nccc2cc3c(cc12)OCCO3. The molecule has 0 radical (unpaired) electrons. The molecule has 1 aliphatic heterocycles. The smallest absolute Gasteiger partial charge is 0.162 e. The van der Waals surface area contributed by atoms with Gasteiger partial charge in [0.25, 0.3) is 0 Å². The third kappa shape index (κ3) is 3.19. The molecule has 0 aliphatic carbocycles. The molecule has 21 heavy (non-hydrogen) atoms. The second-order valence-electron chi connectivity index (χ2n) is 5.41. The molecule has 0 saturated carbocycles. The summed E-state index contributed by atoms with van der Waals surface area (Å²) in [4.78, 5) is 4.44. The molecule has 0 saturated heterocycles. The molecule has 2 aromatic rings. The minimum Gasteiger partial charge on any atom is -0.486 e. The van der Waals surface area contributed by atoms with E-state index in [4.69, 9.17) is 9.47 Å². The number of hydrogen-bond donors (Lipinski definition) is 2. The molecule has 2 heterocycles. The average Bonchev–Trinajstić information content (AvgIpc) is 2.49. The molecule has 1 aromatic carbocycles. The van der Waals surface area contributed by atoms with Gasteiger partial charge in [0.2, 0.25) is 0 Å². The lowest BCUT2D eigenvalue weighted by molar-refractivity contribution is 0.172. The number of pyridine rings is 1. The summed E-state index contributed by atoms with van der Waals surface area (Å²) < 4.78 is 11.3. The van der Waals surface area contributed by atoms with Gasteiger partial charge >= 0.3 is 0 Å². The van der Waals surface area contributed by atoms with Gasteiger partial charge in [0.05, 0.1) is 0 Å². The first kappa shape index (κ1) is 13.9. The quantitative estimate of drug-likeness (QED) is 0.827. The largest absolute Gasteiger partial charge is 0.486 e. The molecule has 1 aliphatic rings. The van der Waals surface area contributed by atoms with Crippen molar-refractivity contribution in [2.75, 3.05) is 31.6 Å². The van der Waals surface area contributed by atoms with Gasteiger partial charge in [-0.3, -0.25) is 0 Å². The molecule has 3 rings (SSSR count). The van der Waals surface area contributed by atoms with Gasteiger partial charge in [-0.15, -0.1) is 0 Å². The Bertz CT molecular complexity index is 628. The molecular weight excluding hydrogens is 266 g/mol. The Labute approximate surface area is 124 Å². The Hall–Kier alpha value is -2.01. The third-order valence-corrected chi connectivity index (χ3v) is 3.40. The van der Waals surface area contributed by atoms with Crippen molar-refractivity contribution in [1.29, 1.82) is 0 Å². The predicted molar refractivity (Wildman–Crippen MR) is 84.4 cm³/mol. The molecule has 0 amide bonds. The highest BCUT2D eigenvalue weighted by molar-refractivity contribution is 5.94. The highest BCUT2D eigenvalue weighted by Gasteiger charge is 2.14. The average molecular weight is 287 g/mol. The van der Waals surface area contributed by atoms with Gasteiger partial charge < -0.3 is 20.1 Å². The van der Waals surface area contributed by atoms with Gasteiger partial charge in [-0.2, -0.15) is 0 Å². The summed E-state index contributed by atoms with van der Waals surface area (Å²) in [5.41, 5.74) is 0. The molecule has 0 bridgehead atoms. The van der Waals surface area contributed by atoms with Crippen LogP contribution in [0.1, 0.15) is 13.8 Å². The van der Waals surface area contributed by atoms with Crippen LogP contribution in [0, 0.1) is 0 Å². The maximum Gasteiger partial charge on any atom is 0.162 e. The summed E-state index contributed by atoms with van der Waals surface area (Å²) in [5, 5.41) is 8.93. The minimum absolute atomic E-state index is 0.491. The summed E-state index contributed by atoms with van der Waals surface area (Å²) in [6.45, 7) is 7.22. The van der Waals surface area contributed by atoms with Crippen molar-refractivity contribution in [3.05, 3.63) is 24.4 Å². The Balaban J connectivity index is 1.81. The van der Waals surface area contributed by atoms with Crippen LogP contribution < -0.4 is 20.1 Å². The van der Waals surface area contributed by atoms with Crippen LogP contribution in [0.3, 0.4) is 0 Å². The van der Waals surface area contributed by atoms with Crippen molar-refractivity contribution in [3.8, 4) is 11.5 Å². The van der Waals surface area contributed by atoms with Gasteiger partial charge in [-0.1, -0.05) is 13.8 Å². The van der Waals surface area contributed by atoms with E-state index < -0.39 is 0 Å². The highest BCUT2D eigenvalue weighted by atomic mass is 16.6. The van der Waals surface area contributed by atoms with Crippen molar-refractivity contribution >= 4 is 16.6 Å². The zero-order chi connectivity index (χ0) is 14.7.